The van der Waals surface area contributed by atoms with Crippen LogP contribution in [0.25, 0.3) is 0 Å². The summed E-state index contributed by atoms with van der Waals surface area (Å²) in [6, 6.07) is 7.54. The number of methoxy groups -OCH3 is 2. The first-order valence-electron chi connectivity index (χ1n) is 8.99. The van der Waals surface area contributed by atoms with Crippen LogP contribution in [-0.4, -0.2) is 38.8 Å². The van der Waals surface area contributed by atoms with Crippen LogP contribution in [0.2, 0.25) is 5.02 Å². The molecule has 166 valence electrons. The van der Waals surface area contributed by atoms with E-state index in [9.17, 15) is 8.68 Å². The number of halogens is 2. The number of nitrogens with one attached hydrogen (secondary N) is 1. The van der Waals surface area contributed by atoms with E-state index in [0.717, 1.165) is 29.0 Å². The Labute approximate surface area is 184 Å². The lowest BCUT2D eigenvalue weighted by atomic mass is 10.2. The predicted molar refractivity (Wildman–Crippen MR) is 125 cm³/mol. The van der Waals surface area contributed by atoms with Gasteiger partial charge in [0, 0.05) is 38.1 Å². The van der Waals surface area contributed by atoms with Gasteiger partial charge in [-0.15, -0.1) is 0 Å². The van der Waals surface area contributed by atoms with E-state index >= 15 is 0 Å². The fraction of sp³-hybridized carbons (Fsp3) is 0.429. The number of carbonyl (C=O) groups is 1. The summed E-state index contributed by atoms with van der Waals surface area (Å²) in [6.45, 7) is 7.80. The van der Waals surface area contributed by atoms with Crippen LogP contribution in [0, 0.1) is 6.92 Å². The second kappa shape index (κ2) is 24.0. The number of aromatic nitrogens is 1. The molecule has 1 heterocycles. The molecule has 1 aromatic carbocycles. The topological polar surface area (TPSA) is 60.5 Å². The zero-order chi connectivity index (χ0) is 23.1. The summed E-state index contributed by atoms with van der Waals surface area (Å²) in [5, 5.41) is 3.58. The van der Waals surface area contributed by atoms with E-state index in [2.05, 4.69) is 10.3 Å². The molecule has 5 nitrogen and oxygen atoms in total. The van der Waals surface area contributed by atoms with E-state index in [0.29, 0.717) is 11.4 Å². The minimum Gasteiger partial charge on any atom is -0.497 e. The maximum absolute atomic E-state index is 10.2. The molecule has 0 aliphatic carbocycles. The minimum atomic E-state index is 0.250. The third-order valence-corrected chi connectivity index (χ3v) is 2.97. The van der Waals surface area contributed by atoms with Crippen molar-refractivity contribution in [1.82, 2.24) is 4.98 Å². The van der Waals surface area contributed by atoms with Crippen LogP contribution >= 0.6 is 23.7 Å². The molecule has 0 saturated heterocycles. The Kier molecular flexibility index (Phi) is 26.3. The number of rotatable bonds is 4. The van der Waals surface area contributed by atoms with Crippen LogP contribution in [-0.2, 0) is 4.79 Å². The number of ether oxygens (including phenoxy) is 2. The molecule has 0 saturated carbocycles. The molecule has 2 aromatic rings. The maximum Gasteiger partial charge on any atom is 0.122 e. The molecule has 0 unspecified atom stereocenters. The van der Waals surface area contributed by atoms with Crippen molar-refractivity contribution < 1.29 is 18.2 Å². The van der Waals surface area contributed by atoms with E-state index in [1.165, 1.54) is 6.26 Å². The highest BCUT2D eigenvalue weighted by atomic mass is 35.5. The van der Waals surface area contributed by atoms with Gasteiger partial charge in [-0.05, 0) is 36.8 Å². The number of hydrogen-bond acceptors (Lipinski definition) is 6. The van der Waals surface area contributed by atoms with Gasteiger partial charge < -0.3 is 19.6 Å². The number of aldehydes is 1. The molecule has 0 atom stereocenters. The molecule has 8 heteroatoms. The normalized spacial score (nSPS) is 8.07. The summed E-state index contributed by atoms with van der Waals surface area (Å²) < 4.78 is 20.3. The van der Waals surface area contributed by atoms with Crippen molar-refractivity contribution in [3.05, 3.63) is 47.2 Å². The molecule has 0 aliphatic heterocycles. The van der Waals surface area contributed by atoms with Crippen molar-refractivity contribution in [2.24, 2.45) is 0 Å². The van der Waals surface area contributed by atoms with Gasteiger partial charge in [0.15, 0.2) is 0 Å². The monoisotopic (exact) mass is 448 g/mol. The lowest BCUT2D eigenvalue weighted by molar-refractivity contribution is -0.107. The van der Waals surface area contributed by atoms with Crippen molar-refractivity contribution in [2.75, 3.05) is 32.8 Å². The van der Waals surface area contributed by atoms with Gasteiger partial charge in [0.05, 0.1) is 31.1 Å². The Bertz CT molecular complexity index is 635. The van der Waals surface area contributed by atoms with E-state index in [1.807, 2.05) is 59.0 Å². The van der Waals surface area contributed by atoms with Gasteiger partial charge in [-0.3, -0.25) is 4.98 Å². The quantitative estimate of drug-likeness (QED) is 0.528. The third-order valence-electron chi connectivity index (χ3n) is 2.76. The average molecular weight is 449 g/mol. The first-order valence-corrected chi connectivity index (χ1v) is 10.5. The number of pyridine rings is 1. The van der Waals surface area contributed by atoms with E-state index in [4.69, 9.17) is 21.1 Å². The van der Waals surface area contributed by atoms with Crippen molar-refractivity contribution in [3.63, 3.8) is 0 Å². The average Bonchev–Trinajstić information content (AvgIpc) is 2.76. The van der Waals surface area contributed by atoms with Crippen molar-refractivity contribution in [1.29, 1.82) is 0 Å². The van der Waals surface area contributed by atoms with Gasteiger partial charge in [-0.2, -0.15) is 3.89 Å². The molecule has 1 N–H and O–H groups in total. The highest BCUT2D eigenvalue weighted by molar-refractivity contribution is 7.93. The fourth-order valence-corrected chi connectivity index (χ4v) is 1.70. The van der Waals surface area contributed by atoms with Crippen LogP contribution in [0.15, 0.2) is 36.7 Å². The Balaban J connectivity index is -0.000000337. The number of benzene rings is 1. The fourth-order valence-electron chi connectivity index (χ4n) is 1.53. The second-order valence-electron chi connectivity index (χ2n) is 4.71. The van der Waals surface area contributed by atoms with Crippen molar-refractivity contribution >= 4 is 35.7 Å². The molecule has 1 aromatic heterocycles. The first kappa shape index (κ1) is 31.7. The van der Waals surface area contributed by atoms with Gasteiger partial charge in [0.1, 0.15) is 17.8 Å². The second-order valence-corrected chi connectivity index (χ2v) is 5.45. The van der Waals surface area contributed by atoms with Crippen LogP contribution in [0.3, 0.4) is 0 Å². The van der Waals surface area contributed by atoms with Crippen molar-refractivity contribution in [3.8, 4) is 11.5 Å². The summed E-state index contributed by atoms with van der Waals surface area (Å²) in [5.41, 5.74) is 2.02. The largest absolute Gasteiger partial charge is 0.497 e. The predicted octanol–water partition coefficient (Wildman–Crippen LogP) is 6.64. The lowest BCUT2D eigenvalue weighted by Gasteiger charge is -2.05. The summed E-state index contributed by atoms with van der Waals surface area (Å²) in [7, 11) is 5.14. The van der Waals surface area contributed by atoms with E-state index in [1.54, 1.807) is 26.6 Å². The maximum atomic E-state index is 10.2. The SMILES string of the molecule is CC.CCC=O.CNc1cncc(Cl)c1.COc1ccc(OC)c(C)c1.CSF. The summed E-state index contributed by atoms with van der Waals surface area (Å²) >= 11 is 5.87. The Hall–Kier alpha value is -1.99. The van der Waals surface area contributed by atoms with Crippen LogP contribution < -0.4 is 14.8 Å². The Morgan fingerprint density at radius 3 is 2.07 bits per heavy atom. The van der Waals surface area contributed by atoms with Crippen LogP contribution in [0.5, 0.6) is 11.5 Å². The Morgan fingerprint density at radius 1 is 1.21 bits per heavy atom. The standard InChI is InChI=1S/C9H12O2.C6H7ClN2.C3H6O.C2H6.CH3FS/c1-7-6-8(10-2)4-5-9(7)11-3;1-8-6-2-5(7)3-9-4-6;1-2-3-4;1-2;1-3-2/h4-6H,1-3H3;2-4,8H,1H3;3H,2H2,1H3;1-2H3;1H3. The zero-order valence-electron chi connectivity index (χ0n) is 18.6. The number of carbonyl (C=O) groups excluding carboxylic acids is 1. The van der Waals surface area contributed by atoms with Gasteiger partial charge in [0.2, 0.25) is 0 Å². The van der Waals surface area contributed by atoms with Gasteiger partial charge in [-0.25, -0.2) is 0 Å². The summed E-state index contributed by atoms with van der Waals surface area (Å²) in [6.07, 6.45) is 6.20. The third kappa shape index (κ3) is 19.1. The molecule has 0 amide bonds. The van der Waals surface area contributed by atoms with Gasteiger partial charge in [-0.1, -0.05) is 32.4 Å². The summed E-state index contributed by atoms with van der Waals surface area (Å²) in [4.78, 5) is 13.0. The lowest BCUT2D eigenvalue weighted by Crippen LogP contribution is -1.88. The molecular formula is C21H34ClFN2O3S. The number of aryl methyl sites for hydroxylation is 1. The number of anilines is 1. The van der Waals surface area contributed by atoms with E-state index in [-0.39, 0.29) is 12.1 Å². The number of nitrogens with zero attached hydrogens (tertiary/aromatic N) is 1. The smallest absolute Gasteiger partial charge is 0.122 e. The molecule has 0 radical (unpaired) electrons. The van der Waals surface area contributed by atoms with Crippen molar-refractivity contribution in [2.45, 2.75) is 34.1 Å². The first-order chi connectivity index (χ1) is 13.9. The molecule has 0 spiro atoms. The highest BCUT2D eigenvalue weighted by Gasteiger charge is 1.97. The zero-order valence-corrected chi connectivity index (χ0v) is 20.2. The molecular weight excluding hydrogens is 415 g/mol. The van der Waals surface area contributed by atoms with Crippen LogP contribution in [0.1, 0.15) is 32.8 Å². The Morgan fingerprint density at radius 2 is 1.76 bits per heavy atom. The molecule has 0 bridgehead atoms. The molecule has 0 fully saturated rings. The van der Waals surface area contributed by atoms with Gasteiger partial charge in [0.25, 0.3) is 0 Å². The molecule has 0 aliphatic rings. The minimum absolute atomic E-state index is 0.250. The van der Waals surface area contributed by atoms with Crippen LogP contribution in [0.4, 0.5) is 9.57 Å². The summed E-state index contributed by atoms with van der Waals surface area (Å²) in [5.74, 6) is 1.76. The highest BCUT2D eigenvalue weighted by Crippen LogP contribution is 2.22. The van der Waals surface area contributed by atoms with Gasteiger partial charge >= 0.3 is 0 Å². The van der Waals surface area contributed by atoms with E-state index < -0.39 is 0 Å². The molecule has 2 rings (SSSR count). The molecule has 29 heavy (non-hydrogen) atoms. The number of hydrogen-bond donors (Lipinski definition) is 1.